The highest BCUT2D eigenvalue weighted by atomic mass is 32.2. The van der Waals surface area contributed by atoms with E-state index in [4.69, 9.17) is 4.74 Å². The van der Waals surface area contributed by atoms with Gasteiger partial charge in [0.25, 0.3) is 0 Å². The lowest BCUT2D eigenvalue weighted by Crippen LogP contribution is -2.50. The predicted molar refractivity (Wildman–Crippen MR) is 139 cm³/mol. The Labute approximate surface area is 211 Å². The smallest absolute Gasteiger partial charge is 0.243 e. The summed E-state index contributed by atoms with van der Waals surface area (Å²) < 4.78 is 34.6. The van der Waals surface area contributed by atoms with E-state index >= 15 is 0 Å². The van der Waals surface area contributed by atoms with Gasteiger partial charge in [0, 0.05) is 60.6 Å². The number of aromatic amines is 1. The number of carbonyl (C=O) groups excluding carboxylic acids is 1. The zero-order valence-corrected chi connectivity index (χ0v) is 21.2. The summed E-state index contributed by atoms with van der Waals surface area (Å²) in [5, 5.41) is 1.09. The van der Waals surface area contributed by atoms with Crippen molar-refractivity contribution < 1.29 is 17.9 Å². The van der Waals surface area contributed by atoms with Gasteiger partial charge in [-0.05, 0) is 56.0 Å². The van der Waals surface area contributed by atoms with Crippen molar-refractivity contribution >= 4 is 32.5 Å². The van der Waals surface area contributed by atoms with Crippen LogP contribution in [-0.4, -0.2) is 80.5 Å². The minimum absolute atomic E-state index is 0.107. The summed E-state index contributed by atoms with van der Waals surface area (Å²) in [5.74, 6) is -0.107. The lowest BCUT2D eigenvalue weighted by molar-refractivity contribution is -0.138. The number of rotatable bonds is 5. The van der Waals surface area contributed by atoms with Crippen molar-refractivity contribution in [1.82, 2.24) is 14.2 Å². The molecule has 1 aromatic heterocycles. The molecule has 6 rings (SSSR count). The lowest BCUT2D eigenvalue weighted by Gasteiger charge is -2.32. The summed E-state index contributed by atoms with van der Waals surface area (Å²) in [5.41, 5.74) is 3.84. The zero-order valence-electron chi connectivity index (χ0n) is 20.4. The third-order valence-corrected chi connectivity index (χ3v) is 9.56. The molecule has 2 aromatic carbocycles. The van der Waals surface area contributed by atoms with E-state index in [1.807, 2.05) is 24.3 Å². The largest absolute Gasteiger partial charge is 0.378 e. The second kappa shape index (κ2) is 9.53. The van der Waals surface area contributed by atoms with E-state index in [2.05, 4.69) is 22.0 Å². The first-order valence-corrected chi connectivity index (χ1v) is 14.3. The summed E-state index contributed by atoms with van der Waals surface area (Å²) in [7, 11) is -3.85. The standard InChI is InChI=1S/C27H32N4O4S/c32-27(30-14-16-35-17-15-30)26-8-5-13-31(26)36(33,34)21-9-10-25(29-11-3-4-12-29)22(19-21)24-18-20-6-1-2-7-23(20)28-24/h1-2,6-7,9-10,18-19,26,28H,3-5,8,11-17H2/t26-/m0/s1. The van der Waals surface area contributed by atoms with Crippen molar-refractivity contribution in [1.29, 1.82) is 0 Å². The van der Waals surface area contributed by atoms with Gasteiger partial charge in [-0.1, -0.05) is 18.2 Å². The van der Waals surface area contributed by atoms with Gasteiger partial charge in [-0.15, -0.1) is 0 Å². The van der Waals surface area contributed by atoms with Crippen molar-refractivity contribution in [2.24, 2.45) is 0 Å². The van der Waals surface area contributed by atoms with Crippen molar-refractivity contribution in [3.05, 3.63) is 48.5 Å². The van der Waals surface area contributed by atoms with E-state index in [1.165, 1.54) is 4.31 Å². The number of carbonyl (C=O) groups is 1. The molecule has 0 bridgehead atoms. The molecule has 0 spiro atoms. The van der Waals surface area contributed by atoms with E-state index in [-0.39, 0.29) is 10.8 Å². The highest BCUT2D eigenvalue weighted by Crippen LogP contribution is 2.37. The number of para-hydroxylation sites is 1. The summed E-state index contributed by atoms with van der Waals surface area (Å²) in [6.45, 7) is 4.30. The van der Waals surface area contributed by atoms with Crippen molar-refractivity contribution in [3.8, 4) is 11.3 Å². The molecule has 0 unspecified atom stereocenters. The van der Waals surface area contributed by atoms with Crippen LogP contribution in [0, 0.1) is 0 Å². The Kier molecular flexibility index (Phi) is 6.23. The third-order valence-electron chi connectivity index (χ3n) is 7.65. The third kappa shape index (κ3) is 4.19. The topological polar surface area (TPSA) is 86.0 Å². The number of anilines is 1. The van der Waals surface area contributed by atoms with Crippen molar-refractivity contribution in [2.45, 2.75) is 36.6 Å². The zero-order chi connectivity index (χ0) is 24.7. The maximum absolute atomic E-state index is 13.9. The van der Waals surface area contributed by atoms with Gasteiger partial charge in [0.2, 0.25) is 15.9 Å². The number of morpholine rings is 1. The van der Waals surface area contributed by atoms with Crippen LogP contribution in [0.25, 0.3) is 22.2 Å². The molecule has 1 atom stereocenters. The molecular formula is C27H32N4O4S. The van der Waals surface area contributed by atoms with Crippen LogP contribution in [0.3, 0.4) is 0 Å². The Bertz CT molecular complexity index is 1340. The van der Waals surface area contributed by atoms with E-state index in [0.717, 1.165) is 53.8 Å². The van der Waals surface area contributed by atoms with Crippen LogP contribution in [0.5, 0.6) is 0 Å². The maximum Gasteiger partial charge on any atom is 0.243 e. The molecule has 1 N–H and O–H groups in total. The number of nitrogens with zero attached hydrogens (tertiary/aromatic N) is 3. The van der Waals surface area contributed by atoms with Crippen LogP contribution in [0.1, 0.15) is 25.7 Å². The number of hydrogen-bond acceptors (Lipinski definition) is 5. The molecular weight excluding hydrogens is 476 g/mol. The molecule has 3 saturated heterocycles. The highest BCUT2D eigenvalue weighted by Gasteiger charge is 2.41. The van der Waals surface area contributed by atoms with Crippen LogP contribution >= 0.6 is 0 Å². The van der Waals surface area contributed by atoms with Gasteiger partial charge in [-0.25, -0.2) is 8.42 Å². The van der Waals surface area contributed by atoms with Crippen LogP contribution in [-0.2, 0) is 19.6 Å². The van der Waals surface area contributed by atoms with Gasteiger partial charge < -0.3 is 19.5 Å². The minimum atomic E-state index is -3.85. The first kappa shape index (κ1) is 23.5. The normalized spacial score (nSPS) is 21.5. The highest BCUT2D eigenvalue weighted by molar-refractivity contribution is 7.89. The minimum Gasteiger partial charge on any atom is -0.378 e. The Morgan fingerprint density at radius 2 is 1.69 bits per heavy atom. The molecule has 3 fully saturated rings. The average Bonchev–Trinajstić information content (AvgIpc) is 3.69. The average molecular weight is 509 g/mol. The molecule has 0 saturated carbocycles. The number of benzene rings is 2. The van der Waals surface area contributed by atoms with Crippen LogP contribution in [0.15, 0.2) is 53.4 Å². The van der Waals surface area contributed by atoms with Crippen LogP contribution in [0.4, 0.5) is 5.69 Å². The number of aromatic nitrogens is 1. The lowest BCUT2D eigenvalue weighted by atomic mass is 10.1. The molecule has 36 heavy (non-hydrogen) atoms. The Morgan fingerprint density at radius 3 is 2.47 bits per heavy atom. The fourth-order valence-corrected chi connectivity index (χ4v) is 7.43. The fraction of sp³-hybridized carbons (Fsp3) is 0.444. The molecule has 4 heterocycles. The molecule has 9 heteroatoms. The first-order valence-electron chi connectivity index (χ1n) is 12.9. The number of fused-ring (bicyclic) bond motifs is 1. The quantitative estimate of drug-likeness (QED) is 0.571. The Morgan fingerprint density at radius 1 is 0.917 bits per heavy atom. The van der Waals surface area contributed by atoms with E-state index in [0.29, 0.717) is 45.7 Å². The molecule has 8 nitrogen and oxygen atoms in total. The number of sulfonamides is 1. The number of amides is 1. The summed E-state index contributed by atoms with van der Waals surface area (Å²) in [6, 6.07) is 15.0. The summed E-state index contributed by atoms with van der Waals surface area (Å²) in [4.78, 5) is 21.1. The molecule has 3 aromatic rings. The number of hydrogen-bond donors (Lipinski definition) is 1. The molecule has 1 amide bonds. The van der Waals surface area contributed by atoms with Gasteiger partial charge in [-0.2, -0.15) is 4.31 Å². The monoisotopic (exact) mass is 508 g/mol. The molecule has 0 radical (unpaired) electrons. The maximum atomic E-state index is 13.9. The second-order valence-electron chi connectivity index (χ2n) is 9.85. The number of nitrogens with one attached hydrogen (secondary N) is 1. The summed E-state index contributed by atoms with van der Waals surface area (Å²) >= 11 is 0. The van der Waals surface area contributed by atoms with Gasteiger partial charge >= 0.3 is 0 Å². The van der Waals surface area contributed by atoms with Gasteiger partial charge in [-0.3, -0.25) is 4.79 Å². The van der Waals surface area contributed by atoms with Crippen LogP contribution < -0.4 is 4.90 Å². The Hall–Kier alpha value is -2.88. The fourth-order valence-electron chi connectivity index (χ4n) is 5.75. The number of ether oxygens (including phenoxy) is 1. The van der Waals surface area contributed by atoms with Gasteiger partial charge in [0.15, 0.2) is 0 Å². The van der Waals surface area contributed by atoms with Gasteiger partial charge in [0.05, 0.1) is 18.1 Å². The Balaban J connectivity index is 1.38. The summed E-state index contributed by atoms with van der Waals surface area (Å²) in [6.07, 6.45) is 3.49. The van der Waals surface area contributed by atoms with Crippen LogP contribution in [0.2, 0.25) is 0 Å². The predicted octanol–water partition coefficient (Wildman–Crippen LogP) is 3.45. The van der Waals surface area contributed by atoms with Crippen molar-refractivity contribution in [2.75, 3.05) is 50.8 Å². The molecule has 3 aliphatic rings. The van der Waals surface area contributed by atoms with Gasteiger partial charge in [0.1, 0.15) is 6.04 Å². The first-order chi connectivity index (χ1) is 17.5. The molecule has 0 aliphatic carbocycles. The molecule has 3 aliphatic heterocycles. The van der Waals surface area contributed by atoms with E-state index in [1.54, 1.807) is 17.0 Å². The van der Waals surface area contributed by atoms with Crippen molar-refractivity contribution in [3.63, 3.8) is 0 Å². The second-order valence-corrected chi connectivity index (χ2v) is 11.7. The number of H-pyrrole nitrogens is 1. The van der Waals surface area contributed by atoms with E-state index < -0.39 is 16.1 Å². The SMILES string of the molecule is O=C([C@@H]1CCCN1S(=O)(=O)c1ccc(N2CCCC2)c(-c2cc3ccccc3[nH]2)c1)N1CCOCC1. The van der Waals surface area contributed by atoms with E-state index in [9.17, 15) is 13.2 Å². The molecule has 190 valence electrons.